The van der Waals surface area contributed by atoms with E-state index in [0.29, 0.717) is 12.8 Å². The molecule has 1 saturated carbocycles. The molecule has 0 aliphatic heterocycles. The van der Waals surface area contributed by atoms with Gasteiger partial charge in [0.05, 0.1) is 0 Å². The summed E-state index contributed by atoms with van der Waals surface area (Å²) in [4.78, 5) is 0. The van der Waals surface area contributed by atoms with Crippen molar-refractivity contribution in [2.75, 3.05) is 0 Å². The van der Waals surface area contributed by atoms with E-state index < -0.39 is 11.6 Å². The molecule has 0 spiro atoms. The summed E-state index contributed by atoms with van der Waals surface area (Å²) < 4.78 is 0. The fourth-order valence-electron chi connectivity index (χ4n) is 5.56. The van der Waals surface area contributed by atoms with Crippen molar-refractivity contribution >= 4 is 0 Å². The van der Waals surface area contributed by atoms with Crippen molar-refractivity contribution in [1.29, 1.82) is 0 Å². The van der Waals surface area contributed by atoms with Crippen molar-refractivity contribution < 1.29 is 20.4 Å². The van der Waals surface area contributed by atoms with E-state index in [9.17, 15) is 20.4 Å². The molecule has 1 rings (SSSR count). The van der Waals surface area contributed by atoms with E-state index >= 15 is 0 Å². The quantitative estimate of drug-likeness (QED) is 0.252. The fourth-order valence-corrected chi connectivity index (χ4v) is 5.56. The van der Waals surface area contributed by atoms with Crippen molar-refractivity contribution in [3.63, 3.8) is 0 Å². The second-order valence-corrected chi connectivity index (χ2v) is 11.7. The SMILES string of the molecule is OC1(O)CCCCCCCCCCCCCCCCCCCCCCCCCCCCCC1(O)O. The lowest BCUT2D eigenvalue weighted by Crippen LogP contribution is -2.54. The van der Waals surface area contributed by atoms with Gasteiger partial charge in [-0.2, -0.15) is 0 Å². The van der Waals surface area contributed by atoms with Crippen molar-refractivity contribution in [2.24, 2.45) is 0 Å². The van der Waals surface area contributed by atoms with E-state index in [0.717, 1.165) is 25.7 Å². The molecule has 4 heteroatoms. The van der Waals surface area contributed by atoms with Gasteiger partial charge in [-0.1, -0.05) is 161 Å². The highest BCUT2D eigenvalue weighted by Crippen LogP contribution is 2.29. The van der Waals surface area contributed by atoms with Crippen LogP contribution in [0, 0.1) is 0 Å². The highest BCUT2D eigenvalue weighted by atomic mass is 16.6. The van der Waals surface area contributed by atoms with Crippen molar-refractivity contribution in [3.8, 4) is 0 Å². The molecule has 0 aromatic rings. The first-order valence-corrected chi connectivity index (χ1v) is 15.9. The van der Waals surface area contributed by atoms with Gasteiger partial charge in [-0.05, 0) is 12.8 Å². The van der Waals surface area contributed by atoms with Crippen LogP contribution in [0.15, 0.2) is 0 Å². The third-order valence-corrected chi connectivity index (χ3v) is 8.19. The van der Waals surface area contributed by atoms with Crippen LogP contribution in [0.5, 0.6) is 0 Å². The van der Waals surface area contributed by atoms with Crippen molar-refractivity contribution in [2.45, 2.75) is 198 Å². The van der Waals surface area contributed by atoms with Gasteiger partial charge in [0.2, 0.25) is 11.6 Å². The van der Waals surface area contributed by atoms with Crippen LogP contribution >= 0.6 is 0 Å². The fraction of sp³-hybridized carbons (Fsp3) is 1.00. The molecule has 0 atom stereocenters. The number of aliphatic hydroxyl groups is 4. The predicted octanol–water partition coefficient (Wildman–Crippen LogP) is 8.67. The smallest absolute Gasteiger partial charge is 0.218 e. The molecule has 0 heterocycles. The Hall–Kier alpha value is -0.160. The average Bonchev–Trinajstić information content (AvgIpc) is 2.82. The molecule has 1 fully saturated rings. The minimum Gasteiger partial charge on any atom is -0.361 e. The van der Waals surface area contributed by atoms with Crippen molar-refractivity contribution in [1.82, 2.24) is 0 Å². The highest BCUT2D eigenvalue weighted by Gasteiger charge is 2.45. The van der Waals surface area contributed by atoms with Crippen LogP contribution in [0.2, 0.25) is 0 Å². The molecule has 35 heavy (non-hydrogen) atoms. The van der Waals surface area contributed by atoms with Crippen molar-refractivity contribution in [3.05, 3.63) is 0 Å². The summed E-state index contributed by atoms with van der Waals surface area (Å²) in [5.41, 5.74) is 0. The Morgan fingerprint density at radius 3 is 0.457 bits per heavy atom. The summed E-state index contributed by atoms with van der Waals surface area (Å²) in [6.45, 7) is 0. The van der Waals surface area contributed by atoms with Gasteiger partial charge < -0.3 is 20.4 Å². The van der Waals surface area contributed by atoms with Crippen LogP contribution in [-0.4, -0.2) is 32.0 Å². The molecule has 0 amide bonds. The van der Waals surface area contributed by atoms with E-state index in [2.05, 4.69) is 0 Å². The lowest BCUT2D eigenvalue weighted by molar-refractivity contribution is -0.361. The van der Waals surface area contributed by atoms with E-state index in [1.165, 1.54) is 135 Å². The minimum atomic E-state index is -2.41. The number of hydrogen-bond acceptors (Lipinski definition) is 4. The van der Waals surface area contributed by atoms with Gasteiger partial charge in [-0.3, -0.25) is 0 Å². The van der Waals surface area contributed by atoms with Crippen LogP contribution in [0.1, 0.15) is 186 Å². The zero-order chi connectivity index (χ0) is 25.5. The second-order valence-electron chi connectivity index (χ2n) is 11.7. The number of rotatable bonds is 0. The molecule has 0 radical (unpaired) electrons. The van der Waals surface area contributed by atoms with E-state index in [1.807, 2.05) is 0 Å². The van der Waals surface area contributed by atoms with Gasteiger partial charge in [-0.25, -0.2) is 0 Å². The maximum absolute atomic E-state index is 10.3. The Balaban J connectivity index is 2.25. The zero-order valence-electron chi connectivity index (χ0n) is 23.3. The van der Waals surface area contributed by atoms with Gasteiger partial charge in [0.25, 0.3) is 0 Å². The Morgan fingerprint density at radius 2 is 0.314 bits per heavy atom. The van der Waals surface area contributed by atoms with E-state index in [4.69, 9.17) is 0 Å². The topological polar surface area (TPSA) is 80.9 Å². The van der Waals surface area contributed by atoms with Crippen LogP contribution < -0.4 is 0 Å². The third-order valence-electron chi connectivity index (χ3n) is 8.19. The lowest BCUT2D eigenvalue weighted by atomic mass is 9.93. The minimum absolute atomic E-state index is 0.0278. The molecular weight excluding hydrogens is 436 g/mol. The maximum atomic E-state index is 10.3. The normalized spacial score (nSPS) is 25.7. The summed E-state index contributed by atoms with van der Waals surface area (Å²) in [6.07, 6.45) is 33.8. The van der Waals surface area contributed by atoms with Gasteiger partial charge in [0.15, 0.2) is 0 Å². The molecule has 4 N–H and O–H groups in total. The summed E-state index contributed by atoms with van der Waals surface area (Å²) in [5.74, 6) is -4.82. The molecule has 0 unspecified atom stereocenters. The molecule has 0 aromatic heterocycles. The first-order chi connectivity index (χ1) is 17.0. The molecule has 1 aliphatic carbocycles. The Bertz CT molecular complexity index is 409. The molecule has 0 aromatic carbocycles. The number of hydrogen-bond donors (Lipinski definition) is 4. The Kier molecular flexibility index (Phi) is 20.5. The average molecular weight is 499 g/mol. The van der Waals surface area contributed by atoms with Gasteiger partial charge in [0.1, 0.15) is 0 Å². The van der Waals surface area contributed by atoms with Crippen LogP contribution in [-0.2, 0) is 0 Å². The molecule has 210 valence electrons. The van der Waals surface area contributed by atoms with Gasteiger partial charge in [-0.15, -0.1) is 0 Å². The Morgan fingerprint density at radius 1 is 0.200 bits per heavy atom. The van der Waals surface area contributed by atoms with Crippen LogP contribution in [0.25, 0.3) is 0 Å². The first kappa shape index (κ1) is 32.9. The molecule has 4 nitrogen and oxygen atoms in total. The lowest BCUT2D eigenvalue weighted by Gasteiger charge is -2.35. The summed E-state index contributed by atoms with van der Waals surface area (Å²) in [7, 11) is 0. The Labute approximate surface area is 218 Å². The van der Waals surface area contributed by atoms with E-state index in [-0.39, 0.29) is 12.8 Å². The monoisotopic (exact) mass is 498 g/mol. The first-order valence-electron chi connectivity index (χ1n) is 15.9. The molecular formula is C31H62O4. The van der Waals surface area contributed by atoms with E-state index in [1.54, 1.807) is 0 Å². The van der Waals surface area contributed by atoms with Crippen LogP contribution in [0.3, 0.4) is 0 Å². The zero-order valence-corrected chi connectivity index (χ0v) is 23.3. The molecule has 0 saturated heterocycles. The maximum Gasteiger partial charge on any atom is 0.218 e. The highest BCUT2D eigenvalue weighted by molar-refractivity contribution is 4.82. The molecule has 1 aliphatic rings. The predicted molar refractivity (Wildman–Crippen MR) is 148 cm³/mol. The van der Waals surface area contributed by atoms with Gasteiger partial charge >= 0.3 is 0 Å². The second kappa shape index (κ2) is 21.9. The summed E-state index contributed by atoms with van der Waals surface area (Å²) >= 11 is 0. The standard InChI is InChI=1S/C31H62O4/c32-30(33)28-26-24-22-20-18-16-14-12-10-8-6-4-2-1-3-5-7-9-11-13-15-17-19-21-23-25-27-29-31(30,34)35/h32-35H,1-29H2. The van der Waals surface area contributed by atoms with Crippen LogP contribution in [0.4, 0.5) is 0 Å². The third kappa shape index (κ3) is 18.7. The summed E-state index contributed by atoms with van der Waals surface area (Å²) in [6, 6.07) is 0. The largest absolute Gasteiger partial charge is 0.361 e. The van der Waals surface area contributed by atoms with Gasteiger partial charge in [0, 0.05) is 12.8 Å². The molecule has 0 bridgehead atoms. The summed E-state index contributed by atoms with van der Waals surface area (Å²) in [5, 5.41) is 41.0.